The molecule has 6 rings (SSSR count). The average molecular weight is 526 g/mol. The molecule has 198 valence electrons. The van der Waals surface area contributed by atoms with Gasteiger partial charge in [0.2, 0.25) is 5.91 Å². The molecule has 0 aliphatic carbocycles. The minimum atomic E-state index is -0.967. The van der Waals surface area contributed by atoms with Crippen molar-refractivity contribution in [3.05, 3.63) is 96.1 Å². The van der Waals surface area contributed by atoms with Crippen LogP contribution in [0.3, 0.4) is 0 Å². The number of nitrogens with two attached hydrogens (primary N) is 1. The van der Waals surface area contributed by atoms with E-state index >= 15 is 0 Å². The van der Waals surface area contributed by atoms with E-state index in [1.807, 2.05) is 40.9 Å². The monoisotopic (exact) mass is 525 g/mol. The summed E-state index contributed by atoms with van der Waals surface area (Å²) >= 11 is 0. The molecule has 0 unspecified atom stereocenters. The number of halogens is 1. The van der Waals surface area contributed by atoms with Gasteiger partial charge in [-0.15, -0.1) is 0 Å². The molecule has 3 aromatic carbocycles. The summed E-state index contributed by atoms with van der Waals surface area (Å²) in [5.41, 5.74) is 10.1. The maximum absolute atomic E-state index is 14.7. The highest BCUT2D eigenvalue weighted by molar-refractivity contribution is 5.97. The van der Waals surface area contributed by atoms with Crippen molar-refractivity contribution in [1.29, 1.82) is 0 Å². The van der Waals surface area contributed by atoms with Gasteiger partial charge in [0.1, 0.15) is 29.6 Å². The van der Waals surface area contributed by atoms with Crippen LogP contribution in [0.4, 0.5) is 4.39 Å². The van der Waals surface area contributed by atoms with E-state index in [0.717, 1.165) is 39.0 Å². The molecular weight excluding hydrogens is 497 g/mol. The van der Waals surface area contributed by atoms with Crippen LogP contribution in [0.15, 0.2) is 79.1 Å². The molecule has 39 heavy (non-hydrogen) atoms. The molecule has 1 fully saturated rings. The summed E-state index contributed by atoms with van der Waals surface area (Å²) in [5.74, 6) is 0.168. The quantitative estimate of drug-likeness (QED) is 0.307. The Morgan fingerprint density at radius 1 is 1.08 bits per heavy atom. The van der Waals surface area contributed by atoms with Crippen LogP contribution in [0.1, 0.15) is 24.0 Å². The van der Waals surface area contributed by atoms with E-state index < -0.39 is 17.1 Å². The Balaban J connectivity index is 1.34. The van der Waals surface area contributed by atoms with Crippen LogP contribution in [-0.2, 0) is 21.6 Å². The number of hydrogen-bond acceptors (Lipinski definition) is 5. The van der Waals surface area contributed by atoms with Crippen LogP contribution in [0.2, 0.25) is 0 Å². The minimum Gasteiger partial charge on any atom is -0.497 e. The van der Waals surface area contributed by atoms with Crippen LogP contribution in [0, 0.1) is 5.82 Å². The Hall–Kier alpha value is -4.43. The van der Waals surface area contributed by atoms with Gasteiger partial charge in [-0.05, 0) is 71.5 Å². The summed E-state index contributed by atoms with van der Waals surface area (Å²) in [5, 5.41) is 1.05. The Kier molecular flexibility index (Phi) is 6.40. The Labute approximate surface area is 224 Å². The number of ether oxygens (including phenoxy) is 3. The number of amides is 1. The number of aromatic nitrogens is 2. The molecule has 0 atom stereocenters. The summed E-state index contributed by atoms with van der Waals surface area (Å²) in [7, 11) is 1.65. The number of primary amides is 1. The second-order valence-electron chi connectivity index (χ2n) is 9.82. The summed E-state index contributed by atoms with van der Waals surface area (Å²) < 4.78 is 33.6. The van der Waals surface area contributed by atoms with Crippen LogP contribution < -0.4 is 15.2 Å². The number of carbonyl (C=O) groups excluding carboxylic acids is 1. The van der Waals surface area contributed by atoms with E-state index in [0.29, 0.717) is 37.4 Å². The van der Waals surface area contributed by atoms with Gasteiger partial charge in [-0.25, -0.2) is 9.37 Å². The highest BCUT2D eigenvalue weighted by Crippen LogP contribution is 2.37. The van der Waals surface area contributed by atoms with Crippen molar-refractivity contribution in [2.45, 2.75) is 24.9 Å². The number of rotatable bonds is 7. The molecule has 0 saturated carbocycles. The van der Waals surface area contributed by atoms with Crippen LogP contribution in [-0.4, -0.2) is 35.6 Å². The molecule has 0 bridgehead atoms. The normalized spacial score (nSPS) is 14.9. The third kappa shape index (κ3) is 4.57. The standard InChI is InChI=1S/C31H28FN3O4/c1-37-24-4-2-3-21(14-24)27-18-29-34-9-10-35(29)28-13-20(5-6-26(27)28)19-39-25-16-22(15-23(32)17-25)31(30(33)36)7-11-38-12-8-31/h2-6,9-10,13-18H,7-8,11-12,19H2,1H3,(H2,33,36). The highest BCUT2D eigenvalue weighted by Gasteiger charge is 2.40. The van der Waals surface area contributed by atoms with Crippen molar-refractivity contribution in [3.8, 4) is 22.6 Å². The lowest BCUT2D eigenvalue weighted by atomic mass is 9.73. The van der Waals surface area contributed by atoms with Crippen molar-refractivity contribution in [3.63, 3.8) is 0 Å². The van der Waals surface area contributed by atoms with E-state index in [-0.39, 0.29) is 6.61 Å². The molecule has 1 aliphatic heterocycles. The third-order valence-corrected chi connectivity index (χ3v) is 7.58. The Morgan fingerprint density at radius 2 is 1.92 bits per heavy atom. The first-order valence-corrected chi connectivity index (χ1v) is 12.8. The number of methoxy groups -OCH3 is 1. The van der Waals surface area contributed by atoms with E-state index in [9.17, 15) is 9.18 Å². The van der Waals surface area contributed by atoms with Crippen molar-refractivity contribution in [2.75, 3.05) is 20.3 Å². The molecule has 0 spiro atoms. The van der Waals surface area contributed by atoms with Gasteiger partial charge in [-0.2, -0.15) is 0 Å². The molecule has 1 aliphatic rings. The van der Waals surface area contributed by atoms with Gasteiger partial charge in [0, 0.05) is 37.1 Å². The van der Waals surface area contributed by atoms with Crippen molar-refractivity contribution >= 4 is 22.5 Å². The molecular formula is C31H28FN3O4. The molecule has 8 heteroatoms. The summed E-state index contributed by atoms with van der Waals surface area (Å²) in [6.07, 6.45) is 4.51. The zero-order valence-electron chi connectivity index (χ0n) is 21.5. The number of carbonyl (C=O) groups is 1. The molecule has 5 aromatic rings. The number of nitrogens with zero attached hydrogens (tertiary/aromatic N) is 2. The number of hydrogen-bond donors (Lipinski definition) is 1. The first kappa shape index (κ1) is 24.9. The van der Waals surface area contributed by atoms with Gasteiger partial charge < -0.3 is 19.9 Å². The Morgan fingerprint density at radius 3 is 2.72 bits per heavy atom. The second-order valence-corrected chi connectivity index (χ2v) is 9.82. The van der Waals surface area contributed by atoms with E-state index in [1.54, 1.807) is 19.4 Å². The topological polar surface area (TPSA) is 88.1 Å². The van der Waals surface area contributed by atoms with Gasteiger partial charge in [-0.1, -0.05) is 24.3 Å². The lowest BCUT2D eigenvalue weighted by Crippen LogP contribution is -2.45. The predicted octanol–water partition coefficient (Wildman–Crippen LogP) is 5.41. The first-order valence-electron chi connectivity index (χ1n) is 12.8. The van der Waals surface area contributed by atoms with Crippen LogP contribution >= 0.6 is 0 Å². The van der Waals surface area contributed by atoms with Gasteiger partial charge in [0.05, 0.1) is 18.0 Å². The van der Waals surface area contributed by atoms with Crippen molar-refractivity contribution < 1.29 is 23.4 Å². The molecule has 1 amide bonds. The number of pyridine rings is 1. The minimum absolute atomic E-state index is 0.213. The molecule has 7 nitrogen and oxygen atoms in total. The lowest BCUT2D eigenvalue weighted by molar-refractivity contribution is -0.127. The molecule has 2 N–H and O–H groups in total. The zero-order valence-corrected chi connectivity index (χ0v) is 21.5. The Bertz CT molecular complexity index is 1690. The van der Waals surface area contributed by atoms with E-state index in [4.69, 9.17) is 19.9 Å². The predicted molar refractivity (Wildman–Crippen MR) is 146 cm³/mol. The number of imidazole rings is 1. The van der Waals surface area contributed by atoms with Crippen LogP contribution in [0.5, 0.6) is 11.5 Å². The van der Waals surface area contributed by atoms with Crippen molar-refractivity contribution in [1.82, 2.24) is 9.38 Å². The highest BCUT2D eigenvalue weighted by atomic mass is 19.1. The molecule has 2 aromatic heterocycles. The molecule has 3 heterocycles. The van der Waals surface area contributed by atoms with Gasteiger partial charge in [0.15, 0.2) is 0 Å². The van der Waals surface area contributed by atoms with Gasteiger partial charge >= 0.3 is 0 Å². The zero-order chi connectivity index (χ0) is 27.0. The van der Waals surface area contributed by atoms with Gasteiger partial charge in [-0.3, -0.25) is 9.20 Å². The SMILES string of the molecule is COc1cccc(-c2cc3nccn3c3cc(COc4cc(F)cc(C5(C(N)=O)CCOCC5)c4)ccc23)c1. The number of benzene rings is 3. The third-order valence-electron chi connectivity index (χ3n) is 7.58. The number of fused-ring (bicyclic) bond motifs is 3. The van der Waals surface area contributed by atoms with E-state index in [2.05, 4.69) is 23.2 Å². The second kappa shape index (κ2) is 10.0. The summed E-state index contributed by atoms with van der Waals surface area (Å²) in [6.45, 7) is 1.01. The van der Waals surface area contributed by atoms with Crippen LogP contribution in [0.25, 0.3) is 27.7 Å². The fourth-order valence-corrected chi connectivity index (χ4v) is 5.44. The largest absolute Gasteiger partial charge is 0.497 e. The summed E-state index contributed by atoms with van der Waals surface area (Å²) in [6, 6.07) is 20.5. The molecule has 1 saturated heterocycles. The van der Waals surface area contributed by atoms with E-state index in [1.165, 1.54) is 12.1 Å². The lowest BCUT2D eigenvalue weighted by Gasteiger charge is -2.34. The van der Waals surface area contributed by atoms with Gasteiger partial charge in [0.25, 0.3) is 0 Å². The fourth-order valence-electron chi connectivity index (χ4n) is 5.44. The summed E-state index contributed by atoms with van der Waals surface area (Å²) in [4.78, 5) is 17.0. The molecule has 0 radical (unpaired) electrons. The van der Waals surface area contributed by atoms with Crippen molar-refractivity contribution in [2.24, 2.45) is 5.73 Å². The fraction of sp³-hybridized carbons (Fsp3) is 0.226. The maximum Gasteiger partial charge on any atom is 0.228 e. The first-order chi connectivity index (χ1) is 19.0. The smallest absolute Gasteiger partial charge is 0.228 e. The maximum atomic E-state index is 14.7. The average Bonchev–Trinajstić information content (AvgIpc) is 3.45.